The van der Waals surface area contributed by atoms with Crippen LogP contribution in [0.25, 0.3) is 6.08 Å². The van der Waals surface area contributed by atoms with E-state index in [0.29, 0.717) is 24.7 Å². The van der Waals surface area contributed by atoms with E-state index in [0.717, 1.165) is 12.1 Å². The Morgan fingerprint density at radius 3 is 2.95 bits per heavy atom. The molecule has 1 aromatic rings. The third kappa shape index (κ3) is 6.34. The molecule has 0 fully saturated rings. The molecule has 1 N–H and O–H groups in total. The number of oxime groups is 1. The summed E-state index contributed by atoms with van der Waals surface area (Å²) in [4.78, 5) is 26.0. The molecule has 0 saturated carbocycles. The molecule has 7 nitrogen and oxygen atoms in total. The number of hydrogen-bond acceptors (Lipinski definition) is 6. The maximum Gasteiger partial charge on any atom is 0.209 e. The number of nitrogens with one attached hydrogen (secondary N) is 1. The lowest BCUT2D eigenvalue weighted by Crippen LogP contribution is -2.34. The monoisotopic (exact) mass is 305 g/mol. The second-order valence-corrected chi connectivity index (χ2v) is 4.78. The summed E-state index contributed by atoms with van der Waals surface area (Å²) in [6.45, 7) is 8.81. The van der Waals surface area contributed by atoms with Crippen molar-refractivity contribution in [2.24, 2.45) is 5.16 Å². The Morgan fingerprint density at radius 2 is 2.32 bits per heavy atom. The summed E-state index contributed by atoms with van der Waals surface area (Å²) < 4.78 is 0. The molecule has 0 radical (unpaired) electrons. The highest BCUT2D eigenvalue weighted by Crippen LogP contribution is 2.10. The van der Waals surface area contributed by atoms with Crippen LogP contribution in [0.3, 0.4) is 0 Å². The van der Waals surface area contributed by atoms with E-state index in [1.165, 1.54) is 6.33 Å². The van der Waals surface area contributed by atoms with Crippen LogP contribution >= 0.6 is 0 Å². The molecule has 0 bridgehead atoms. The lowest BCUT2D eigenvalue weighted by Gasteiger charge is -2.21. The molecule has 0 saturated heterocycles. The maximum absolute atomic E-state index is 10.8. The fourth-order valence-corrected chi connectivity index (χ4v) is 1.80. The summed E-state index contributed by atoms with van der Waals surface area (Å²) in [5.41, 5.74) is 0.719. The molecule has 120 valence electrons. The third-order valence-electron chi connectivity index (χ3n) is 2.80. The van der Waals surface area contributed by atoms with E-state index in [2.05, 4.69) is 20.4 Å². The molecule has 1 heterocycles. The van der Waals surface area contributed by atoms with Crippen LogP contribution in [-0.2, 0) is 9.63 Å². The molecule has 1 atom stereocenters. The van der Waals surface area contributed by atoms with Crippen LogP contribution in [0.15, 0.2) is 23.3 Å². The predicted molar refractivity (Wildman–Crippen MR) is 87.3 cm³/mol. The van der Waals surface area contributed by atoms with E-state index >= 15 is 0 Å². The van der Waals surface area contributed by atoms with Gasteiger partial charge in [0.15, 0.2) is 0 Å². The molecule has 1 amide bonds. The molecule has 0 aliphatic rings. The van der Waals surface area contributed by atoms with Gasteiger partial charge >= 0.3 is 0 Å². The standard InChI is InChI=1S/C15H23N5O2/c1-5-18-22-13(4)7-14-8-15(17-10-16-14)19-12(3)9-20(6-2)11-21/h5,7-8,10-12H,6,9H2,1-4H3,(H,16,17,19)/b13-7+,18-5+. The van der Waals surface area contributed by atoms with Gasteiger partial charge in [0.1, 0.15) is 17.9 Å². The summed E-state index contributed by atoms with van der Waals surface area (Å²) in [5.74, 6) is 1.33. The highest BCUT2D eigenvalue weighted by molar-refractivity contribution is 5.53. The Balaban J connectivity index is 2.69. The SMILES string of the molecule is C/C=N/O/C(C)=C/c1cc(NC(C)CN(C=O)CC)ncn1. The van der Waals surface area contributed by atoms with Crippen LogP contribution in [0.2, 0.25) is 0 Å². The number of aromatic nitrogens is 2. The third-order valence-corrected chi connectivity index (χ3v) is 2.80. The molecule has 0 aliphatic carbocycles. The van der Waals surface area contributed by atoms with Gasteiger partial charge in [-0.3, -0.25) is 4.79 Å². The summed E-state index contributed by atoms with van der Waals surface area (Å²) in [6.07, 6.45) is 5.67. The highest BCUT2D eigenvalue weighted by Gasteiger charge is 2.07. The Hall–Kier alpha value is -2.44. The lowest BCUT2D eigenvalue weighted by atomic mass is 10.3. The fraction of sp³-hybridized carbons (Fsp3) is 0.467. The number of nitrogens with zero attached hydrogens (tertiary/aromatic N) is 4. The van der Waals surface area contributed by atoms with Gasteiger partial charge in [-0.1, -0.05) is 5.16 Å². The zero-order valence-corrected chi connectivity index (χ0v) is 13.5. The number of likely N-dealkylation sites (N-methyl/N-ethyl adjacent to an activating group) is 1. The summed E-state index contributed by atoms with van der Waals surface area (Å²) >= 11 is 0. The quantitative estimate of drug-likeness (QED) is 0.327. The van der Waals surface area contributed by atoms with Crippen molar-refractivity contribution in [1.82, 2.24) is 14.9 Å². The van der Waals surface area contributed by atoms with Crippen molar-refractivity contribution >= 4 is 24.5 Å². The maximum atomic E-state index is 10.8. The zero-order valence-electron chi connectivity index (χ0n) is 13.5. The van der Waals surface area contributed by atoms with E-state index in [1.807, 2.05) is 19.9 Å². The average molecular weight is 305 g/mol. The average Bonchev–Trinajstić information content (AvgIpc) is 2.50. The summed E-state index contributed by atoms with van der Waals surface area (Å²) in [6, 6.07) is 1.90. The topological polar surface area (TPSA) is 79.7 Å². The van der Waals surface area contributed by atoms with Crippen LogP contribution in [0.4, 0.5) is 5.82 Å². The van der Waals surface area contributed by atoms with E-state index in [1.54, 1.807) is 31.0 Å². The van der Waals surface area contributed by atoms with Crippen molar-refractivity contribution in [2.45, 2.75) is 33.7 Å². The smallest absolute Gasteiger partial charge is 0.209 e. The molecule has 0 aromatic carbocycles. The predicted octanol–water partition coefficient (Wildman–Crippen LogP) is 2.14. The molecule has 22 heavy (non-hydrogen) atoms. The van der Waals surface area contributed by atoms with Crippen molar-refractivity contribution in [3.8, 4) is 0 Å². The number of anilines is 1. The van der Waals surface area contributed by atoms with Crippen LogP contribution < -0.4 is 5.32 Å². The first-order chi connectivity index (χ1) is 10.6. The molecule has 0 aliphatic heterocycles. The van der Waals surface area contributed by atoms with Gasteiger partial charge in [-0.15, -0.1) is 0 Å². The molecular formula is C15H23N5O2. The normalized spacial score (nSPS) is 13.0. The molecule has 1 aromatic heterocycles. The Bertz CT molecular complexity index is 530. The second-order valence-electron chi connectivity index (χ2n) is 4.78. The first-order valence-electron chi connectivity index (χ1n) is 7.20. The number of carbonyl (C=O) groups is 1. The van der Waals surface area contributed by atoms with E-state index in [9.17, 15) is 4.79 Å². The van der Waals surface area contributed by atoms with Gasteiger partial charge in [-0.2, -0.15) is 0 Å². The van der Waals surface area contributed by atoms with E-state index in [4.69, 9.17) is 4.84 Å². The zero-order chi connectivity index (χ0) is 16.4. The minimum absolute atomic E-state index is 0.0823. The van der Waals surface area contributed by atoms with Crippen molar-refractivity contribution in [1.29, 1.82) is 0 Å². The minimum Gasteiger partial charge on any atom is -0.366 e. The van der Waals surface area contributed by atoms with Gasteiger partial charge in [0.2, 0.25) is 6.41 Å². The van der Waals surface area contributed by atoms with Gasteiger partial charge in [-0.05, 0) is 27.7 Å². The van der Waals surface area contributed by atoms with Crippen molar-refractivity contribution < 1.29 is 9.63 Å². The number of rotatable bonds is 9. The van der Waals surface area contributed by atoms with Crippen LogP contribution in [0, 0.1) is 0 Å². The van der Waals surface area contributed by atoms with E-state index in [-0.39, 0.29) is 6.04 Å². The number of amides is 1. The largest absolute Gasteiger partial charge is 0.366 e. The van der Waals surface area contributed by atoms with Gasteiger partial charge in [0, 0.05) is 37.5 Å². The van der Waals surface area contributed by atoms with E-state index < -0.39 is 0 Å². The van der Waals surface area contributed by atoms with Crippen LogP contribution in [0.5, 0.6) is 0 Å². The van der Waals surface area contributed by atoms with Crippen molar-refractivity contribution in [3.05, 3.63) is 23.8 Å². The second kappa shape index (κ2) is 9.49. The first-order valence-corrected chi connectivity index (χ1v) is 7.20. The van der Waals surface area contributed by atoms with Crippen LogP contribution in [-0.4, -0.2) is 46.6 Å². The molecule has 0 spiro atoms. The molecule has 1 unspecified atom stereocenters. The van der Waals surface area contributed by atoms with Gasteiger partial charge in [0.05, 0.1) is 5.69 Å². The van der Waals surface area contributed by atoms with Crippen molar-refractivity contribution in [3.63, 3.8) is 0 Å². The van der Waals surface area contributed by atoms with Crippen LogP contribution in [0.1, 0.15) is 33.4 Å². The Kier molecular flexibility index (Phi) is 7.60. The Labute approximate surface area is 131 Å². The van der Waals surface area contributed by atoms with Gasteiger partial charge < -0.3 is 15.1 Å². The number of allylic oxidation sites excluding steroid dienone is 1. The number of hydrogen-bond donors (Lipinski definition) is 1. The lowest BCUT2D eigenvalue weighted by molar-refractivity contribution is -0.118. The Morgan fingerprint density at radius 1 is 1.55 bits per heavy atom. The minimum atomic E-state index is 0.0823. The fourth-order valence-electron chi connectivity index (χ4n) is 1.80. The summed E-state index contributed by atoms with van der Waals surface area (Å²) in [7, 11) is 0. The van der Waals surface area contributed by atoms with Crippen molar-refractivity contribution in [2.75, 3.05) is 18.4 Å². The molecular weight excluding hydrogens is 282 g/mol. The molecule has 1 rings (SSSR count). The summed E-state index contributed by atoms with van der Waals surface area (Å²) in [5, 5.41) is 6.95. The number of carbonyl (C=O) groups excluding carboxylic acids is 1. The first kappa shape index (κ1) is 17.6. The van der Waals surface area contributed by atoms with Gasteiger partial charge in [-0.25, -0.2) is 9.97 Å². The highest BCUT2D eigenvalue weighted by atomic mass is 16.6. The molecule has 7 heteroatoms. The van der Waals surface area contributed by atoms with Gasteiger partial charge in [0.25, 0.3) is 0 Å².